The molecule has 2 N–H and O–H groups in total. The zero-order chi connectivity index (χ0) is 14.8. The van der Waals surface area contributed by atoms with Crippen molar-refractivity contribution in [3.63, 3.8) is 0 Å². The maximum absolute atomic E-state index is 10.4. The average Bonchev–Trinajstić information content (AvgIpc) is 2.39. The summed E-state index contributed by atoms with van der Waals surface area (Å²) in [5, 5.41) is 0.528. The molecule has 0 bridgehead atoms. The van der Waals surface area contributed by atoms with Gasteiger partial charge in [0.05, 0.1) is 0 Å². The van der Waals surface area contributed by atoms with E-state index < -0.39 is 7.94 Å². The second kappa shape index (κ2) is 6.53. The summed E-state index contributed by atoms with van der Waals surface area (Å²) in [6.07, 6.45) is 3.20. The van der Waals surface area contributed by atoms with Gasteiger partial charge in [-0.3, -0.25) is 0 Å². The molecule has 4 heteroatoms. The molecule has 0 spiro atoms. The molecular weight excluding hydrogens is 271 g/mol. The van der Waals surface area contributed by atoms with E-state index in [2.05, 4.69) is 20.8 Å². The standard InChI is InChI=1S/C16H27O3P/c1-12(2)15-10-9-13(3)11-16(15)19-20(17,18)14-7-5-4-6-8-14/h4-8,12-13,15-18,20H,9-11H2,1-3H3. The van der Waals surface area contributed by atoms with Crippen LogP contribution < -0.4 is 5.30 Å². The molecule has 1 aromatic rings. The molecule has 3 unspecified atom stereocenters. The molecule has 114 valence electrons. The van der Waals surface area contributed by atoms with Crippen LogP contribution in [0.1, 0.15) is 40.0 Å². The minimum absolute atomic E-state index is 0.0411. The van der Waals surface area contributed by atoms with Gasteiger partial charge in [-0.15, -0.1) is 0 Å². The van der Waals surface area contributed by atoms with E-state index in [0.717, 1.165) is 12.8 Å². The van der Waals surface area contributed by atoms with Crippen molar-refractivity contribution in [3.8, 4) is 0 Å². The van der Waals surface area contributed by atoms with Gasteiger partial charge < -0.3 is 0 Å². The summed E-state index contributed by atoms with van der Waals surface area (Å²) in [6.45, 7) is 6.60. The van der Waals surface area contributed by atoms with Crippen molar-refractivity contribution in [2.75, 3.05) is 0 Å². The van der Waals surface area contributed by atoms with Crippen molar-refractivity contribution in [1.29, 1.82) is 0 Å². The predicted molar refractivity (Wildman–Crippen MR) is 85.0 cm³/mol. The van der Waals surface area contributed by atoms with Crippen LogP contribution in [0.3, 0.4) is 0 Å². The molecule has 0 aliphatic heterocycles. The SMILES string of the molecule is CC1CCC(C(C)C)C(O[PH](O)(O)c2ccccc2)C1. The predicted octanol–water partition coefficient (Wildman–Crippen LogP) is 3.27. The van der Waals surface area contributed by atoms with Crippen LogP contribution in [-0.4, -0.2) is 15.9 Å². The fourth-order valence-corrected chi connectivity index (χ4v) is 4.64. The average molecular weight is 298 g/mol. The van der Waals surface area contributed by atoms with Crippen molar-refractivity contribution >= 4 is 13.2 Å². The van der Waals surface area contributed by atoms with Gasteiger partial charge in [-0.1, -0.05) is 0 Å². The molecule has 1 fully saturated rings. The zero-order valence-electron chi connectivity index (χ0n) is 12.6. The fourth-order valence-electron chi connectivity index (χ4n) is 3.18. The monoisotopic (exact) mass is 298 g/mol. The van der Waals surface area contributed by atoms with Crippen LogP contribution in [0.25, 0.3) is 0 Å². The van der Waals surface area contributed by atoms with E-state index >= 15 is 0 Å². The van der Waals surface area contributed by atoms with Crippen LogP contribution in [0.5, 0.6) is 0 Å². The van der Waals surface area contributed by atoms with E-state index in [9.17, 15) is 9.79 Å². The van der Waals surface area contributed by atoms with E-state index in [4.69, 9.17) is 4.52 Å². The molecule has 0 heterocycles. The third-order valence-electron chi connectivity index (χ3n) is 4.43. The Hall–Kier alpha value is -0.470. The first kappa shape index (κ1) is 15.9. The molecule has 0 aromatic heterocycles. The fraction of sp³-hybridized carbons (Fsp3) is 0.625. The normalized spacial score (nSPS) is 28.6. The van der Waals surface area contributed by atoms with Crippen LogP contribution in [0, 0.1) is 17.8 Å². The van der Waals surface area contributed by atoms with E-state index in [1.165, 1.54) is 6.42 Å². The first-order valence-electron chi connectivity index (χ1n) is 7.58. The van der Waals surface area contributed by atoms with Crippen LogP contribution >= 0.6 is 7.94 Å². The first-order chi connectivity index (χ1) is 9.40. The van der Waals surface area contributed by atoms with Crippen molar-refractivity contribution in [2.24, 2.45) is 17.8 Å². The summed E-state index contributed by atoms with van der Waals surface area (Å²) in [7, 11) is -3.78. The number of rotatable bonds is 4. The van der Waals surface area contributed by atoms with Gasteiger partial charge in [-0.25, -0.2) is 0 Å². The van der Waals surface area contributed by atoms with Gasteiger partial charge in [0.15, 0.2) is 0 Å². The maximum atomic E-state index is 10.4. The van der Waals surface area contributed by atoms with E-state index in [-0.39, 0.29) is 6.10 Å². The molecule has 1 aromatic carbocycles. The van der Waals surface area contributed by atoms with Gasteiger partial charge in [0, 0.05) is 0 Å². The molecule has 3 nitrogen and oxygen atoms in total. The van der Waals surface area contributed by atoms with Crippen LogP contribution in [0.15, 0.2) is 30.3 Å². The number of hydrogen-bond acceptors (Lipinski definition) is 3. The molecule has 0 amide bonds. The second-order valence-corrected chi connectivity index (χ2v) is 8.49. The minimum atomic E-state index is -3.78. The molecule has 20 heavy (non-hydrogen) atoms. The summed E-state index contributed by atoms with van der Waals surface area (Å²) in [5.74, 6) is 1.52. The molecule has 0 radical (unpaired) electrons. The topological polar surface area (TPSA) is 49.7 Å². The van der Waals surface area contributed by atoms with Crippen LogP contribution in [0.4, 0.5) is 0 Å². The van der Waals surface area contributed by atoms with Crippen molar-refractivity contribution < 1.29 is 14.3 Å². The zero-order valence-corrected chi connectivity index (χ0v) is 13.6. The first-order valence-corrected chi connectivity index (χ1v) is 9.38. The van der Waals surface area contributed by atoms with Gasteiger partial charge in [0.25, 0.3) is 0 Å². The van der Waals surface area contributed by atoms with Gasteiger partial charge in [-0.05, 0) is 0 Å². The number of benzene rings is 1. The van der Waals surface area contributed by atoms with Gasteiger partial charge in [-0.2, -0.15) is 0 Å². The summed E-state index contributed by atoms with van der Waals surface area (Å²) in [4.78, 5) is 20.8. The number of hydrogen-bond donors (Lipinski definition) is 2. The van der Waals surface area contributed by atoms with Gasteiger partial charge in [0.1, 0.15) is 0 Å². The van der Waals surface area contributed by atoms with E-state index in [1.807, 2.05) is 18.2 Å². The summed E-state index contributed by atoms with van der Waals surface area (Å²) < 4.78 is 5.86. The second-order valence-electron chi connectivity index (χ2n) is 6.46. The summed E-state index contributed by atoms with van der Waals surface area (Å²) in [5.41, 5.74) is 0. The molecular formula is C16H27O3P. The van der Waals surface area contributed by atoms with Crippen LogP contribution in [-0.2, 0) is 4.52 Å². The molecule has 1 saturated carbocycles. The Morgan fingerprint density at radius 2 is 1.80 bits per heavy atom. The Morgan fingerprint density at radius 1 is 1.15 bits per heavy atom. The summed E-state index contributed by atoms with van der Waals surface area (Å²) >= 11 is 0. The molecule has 3 atom stereocenters. The van der Waals surface area contributed by atoms with E-state index in [0.29, 0.717) is 23.1 Å². The molecule has 0 saturated heterocycles. The van der Waals surface area contributed by atoms with Gasteiger partial charge in [0.2, 0.25) is 0 Å². The van der Waals surface area contributed by atoms with Crippen molar-refractivity contribution in [2.45, 2.75) is 46.1 Å². The summed E-state index contributed by atoms with van der Waals surface area (Å²) in [6, 6.07) is 8.98. The molecule has 2 rings (SSSR count). The Morgan fingerprint density at radius 3 is 2.40 bits per heavy atom. The molecule has 1 aliphatic carbocycles. The Balaban J connectivity index is 2.13. The van der Waals surface area contributed by atoms with Crippen molar-refractivity contribution in [3.05, 3.63) is 30.3 Å². The van der Waals surface area contributed by atoms with Gasteiger partial charge >= 0.3 is 122 Å². The van der Waals surface area contributed by atoms with E-state index in [1.54, 1.807) is 12.1 Å². The van der Waals surface area contributed by atoms with Crippen molar-refractivity contribution in [1.82, 2.24) is 0 Å². The molecule has 1 aliphatic rings. The quantitative estimate of drug-likeness (QED) is 0.839. The van der Waals surface area contributed by atoms with Crippen LogP contribution in [0.2, 0.25) is 0 Å². The Labute approximate surface area is 122 Å². The Bertz CT molecular complexity index is 419. The third-order valence-corrected chi connectivity index (χ3v) is 6.14. The third kappa shape index (κ3) is 3.79. The Kier molecular flexibility index (Phi) is 5.19.